The molecule has 0 unspecified atom stereocenters. The van der Waals surface area contributed by atoms with E-state index in [1.165, 1.54) is 30.5 Å². The van der Waals surface area contributed by atoms with E-state index in [9.17, 15) is 0 Å². The summed E-state index contributed by atoms with van der Waals surface area (Å²) in [5.41, 5.74) is 5.13. The minimum absolute atomic E-state index is 0.407. The Labute approximate surface area is 154 Å². The first kappa shape index (κ1) is 18.7. The van der Waals surface area contributed by atoms with Crippen molar-refractivity contribution in [2.24, 2.45) is 10.8 Å². The molecule has 0 aromatic heterocycles. The van der Waals surface area contributed by atoms with Crippen LogP contribution in [0.25, 0.3) is 0 Å². The van der Waals surface area contributed by atoms with Crippen molar-refractivity contribution < 1.29 is 4.74 Å². The maximum Gasteiger partial charge on any atom is 0.0713 e. The number of nitrogens with one attached hydrogen (secondary N) is 1. The van der Waals surface area contributed by atoms with Crippen molar-refractivity contribution in [1.82, 2.24) is 5.32 Å². The molecule has 1 heterocycles. The summed E-state index contributed by atoms with van der Waals surface area (Å²) in [4.78, 5) is 2.58. The lowest BCUT2D eigenvalue weighted by atomic mass is 9.60. The van der Waals surface area contributed by atoms with Crippen molar-refractivity contribution in [3.8, 4) is 0 Å². The van der Waals surface area contributed by atoms with Crippen molar-refractivity contribution in [3.63, 3.8) is 0 Å². The predicted molar refractivity (Wildman–Crippen MR) is 106 cm³/mol. The number of benzene rings is 1. The number of hydrogen-bond donors (Lipinski definition) is 1. The molecule has 3 heteroatoms. The second-order valence-electron chi connectivity index (χ2n) is 9.67. The molecule has 1 aromatic rings. The van der Waals surface area contributed by atoms with Crippen LogP contribution >= 0.6 is 0 Å². The Morgan fingerprint density at radius 2 is 1.72 bits per heavy atom. The van der Waals surface area contributed by atoms with E-state index < -0.39 is 0 Å². The lowest BCUT2D eigenvalue weighted by molar-refractivity contribution is 0.0969. The van der Waals surface area contributed by atoms with Crippen LogP contribution in [0.4, 0.5) is 5.69 Å². The Morgan fingerprint density at radius 1 is 1.08 bits per heavy atom. The van der Waals surface area contributed by atoms with Gasteiger partial charge in [0.2, 0.25) is 0 Å². The van der Waals surface area contributed by atoms with Gasteiger partial charge in [-0.2, -0.15) is 0 Å². The third-order valence-electron chi connectivity index (χ3n) is 5.86. The topological polar surface area (TPSA) is 24.5 Å². The van der Waals surface area contributed by atoms with E-state index in [4.69, 9.17) is 4.74 Å². The zero-order chi connectivity index (χ0) is 18.1. The first-order valence-electron chi connectivity index (χ1n) is 9.87. The fourth-order valence-corrected chi connectivity index (χ4v) is 5.45. The third kappa shape index (κ3) is 4.57. The number of piperazine rings is 1. The number of methoxy groups -OCH3 is 1. The van der Waals surface area contributed by atoms with Gasteiger partial charge in [0.05, 0.1) is 6.61 Å². The minimum atomic E-state index is 0.407. The third-order valence-corrected chi connectivity index (χ3v) is 5.86. The number of ether oxygens (including phenoxy) is 1. The smallest absolute Gasteiger partial charge is 0.0713 e. The molecule has 25 heavy (non-hydrogen) atoms. The Morgan fingerprint density at radius 3 is 2.32 bits per heavy atom. The fraction of sp³-hybridized carbons (Fsp3) is 0.727. The van der Waals surface area contributed by atoms with Crippen LogP contribution in [0, 0.1) is 10.8 Å². The molecule has 1 aliphatic carbocycles. The average molecular weight is 345 g/mol. The van der Waals surface area contributed by atoms with Gasteiger partial charge in [-0.25, -0.2) is 0 Å². The van der Waals surface area contributed by atoms with Crippen LogP contribution in [0.1, 0.15) is 64.0 Å². The van der Waals surface area contributed by atoms with Gasteiger partial charge in [-0.3, -0.25) is 0 Å². The van der Waals surface area contributed by atoms with E-state index in [0.717, 1.165) is 26.2 Å². The number of anilines is 1. The van der Waals surface area contributed by atoms with E-state index in [1.54, 1.807) is 12.7 Å². The Kier molecular flexibility index (Phi) is 5.45. The molecule has 3 rings (SSSR count). The van der Waals surface area contributed by atoms with Crippen LogP contribution in [0.3, 0.4) is 0 Å². The van der Waals surface area contributed by atoms with Gasteiger partial charge in [-0.1, -0.05) is 39.8 Å². The van der Waals surface area contributed by atoms with Gasteiger partial charge in [0.25, 0.3) is 0 Å². The van der Waals surface area contributed by atoms with Crippen molar-refractivity contribution in [2.45, 2.75) is 59.5 Å². The summed E-state index contributed by atoms with van der Waals surface area (Å²) in [5, 5.41) is 3.48. The SMILES string of the molecule is COCc1ccc(N2CCNCC2)c(C2CC(C)(C)CC(C)(C)C2)c1. The standard InChI is InChI=1S/C22H36N2O/c1-21(2)13-18(14-22(3,4)16-21)19-12-17(15-25-5)6-7-20(19)24-10-8-23-9-11-24/h6-7,12,18,23H,8-11,13-16H2,1-5H3. The first-order valence-corrected chi connectivity index (χ1v) is 9.87. The molecular weight excluding hydrogens is 308 g/mol. The number of hydrogen-bond acceptors (Lipinski definition) is 3. The molecular formula is C22H36N2O. The predicted octanol–water partition coefficient (Wildman–Crippen LogP) is 4.56. The molecule has 1 aliphatic heterocycles. The van der Waals surface area contributed by atoms with E-state index >= 15 is 0 Å². The summed E-state index contributed by atoms with van der Waals surface area (Å²) in [7, 11) is 1.79. The van der Waals surface area contributed by atoms with Crippen molar-refractivity contribution >= 4 is 5.69 Å². The zero-order valence-electron chi connectivity index (χ0n) is 16.8. The van der Waals surface area contributed by atoms with E-state index in [-0.39, 0.29) is 0 Å². The van der Waals surface area contributed by atoms with Crippen LogP contribution < -0.4 is 10.2 Å². The lowest BCUT2D eigenvalue weighted by Crippen LogP contribution is -2.44. The van der Waals surface area contributed by atoms with Crippen LogP contribution in [0.2, 0.25) is 0 Å². The van der Waals surface area contributed by atoms with E-state index in [1.807, 2.05) is 0 Å². The van der Waals surface area contributed by atoms with Gasteiger partial charge in [0, 0.05) is 39.0 Å². The zero-order valence-corrected chi connectivity index (χ0v) is 16.8. The first-order chi connectivity index (χ1) is 11.8. The van der Waals surface area contributed by atoms with Gasteiger partial charge in [0.1, 0.15) is 0 Å². The highest BCUT2D eigenvalue weighted by Gasteiger charge is 2.40. The van der Waals surface area contributed by atoms with E-state index in [2.05, 4.69) is 56.1 Å². The van der Waals surface area contributed by atoms with Crippen molar-refractivity contribution in [1.29, 1.82) is 0 Å². The van der Waals surface area contributed by atoms with E-state index in [0.29, 0.717) is 23.4 Å². The molecule has 3 nitrogen and oxygen atoms in total. The van der Waals surface area contributed by atoms with Gasteiger partial charge in [0.15, 0.2) is 0 Å². The van der Waals surface area contributed by atoms with Crippen molar-refractivity contribution in [3.05, 3.63) is 29.3 Å². The van der Waals surface area contributed by atoms with Crippen LogP contribution in [0.15, 0.2) is 18.2 Å². The Bertz CT molecular complexity index is 572. The van der Waals surface area contributed by atoms with Gasteiger partial charge >= 0.3 is 0 Å². The van der Waals surface area contributed by atoms with Gasteiger partial charge < -0.3 is 15.0 Å². The Balaban J connectivity index is 1.97. The van der Waals surface area contributed by atoms with Crippen molar-refractivity contribution in [2.75, 3.05) is 38.2 Å². The highest BCUT2D eigenvalue weighted by atomic mass is 16.5. The number of rotatable bonds is 4. The average Bonchev–Trinajstić information content (AvgIpc) is 2.53. The fourth-order valence-electron chi connectivity index (χ4n) is 5.45. The molecule has 0 amide bonds. The molecule has 0 spiro atoms. The summed E-state index contributed by atoms with van der Waals surface area (Å²) in [6.07, 6.45) is 3.88. The number of nitrogens with zero attached hydrogens (tertiary/aromatic N) is 1. The molecule has 2 fully saturated rings. The quantitative estimate of drug-likeness (QED) is 0.866. The normalized spacial score (nSPS) is 23.6. The lowest BCUT2D eigenvalue weighted by Gasteiger charge is -2.46. The highest BCUT2D eigenvalue weighted by Crippen LogP contribution is 2.53. The summed E-state index contributed by atoms with van der Waals surface area (Å²) in [6.45, 7) is 14.9. The molecule has 1 saturated heterocycles. The maximum atomic E-state index is 5.41. The second kappa shape index (κ2) is 7.28. The summed E-state index contributed by atoms with van der Waals surface area (Å²) >= 11 is 0. The van der Waals surface area contributed by atoms with Crippen LogP contribution in [-0.2, 0) is 11.3 Å². The van der Waals surface area contributed by atoms with Gasteiger partial charge in [-0.15, -0.1) is 0 Å². The molecule has 0 radical (unpaired) electrons. The maximum absolute atomic E-state index is 5.41. The molecule has 0 bridgehead atoms. The summed E-state index contributed by atoms with van der Waals surface area (Å²) in [5.74, 6) is 0.639. The second-order valence-corrected chi connectivity index (χ2v) is 9.67. The van der Waals surface area contributed by atoms with Crippen LogP contribution in [-0.4, -0.2) is 33.3 Å². The highest BCUT2D eigenvalue weighted by molar-refractivity contribution is 5.57. The van der Waals surface area contributed by atoms with Crippen LogP contribution in [0.5, 0.6) is 0 Å². The summed E-state index contributed by atoms with van der Waals surface area (Å²) < 4.78 is 5.41. The monoisotopic (exact) mass is 344 g/mol. The largest absolute Gasteiger partial charge is 0.380 e. The Hall–Kier alpha value is -1.06. The molecule has 1 N–H and O–H groups in total. The minimum Gasteiger partial charge on any atom is -0.380 e. The van der Waals surface area contributed by atoms with Gasteiger partial charge in [-0.05, 0) is 53.2 Å². The molecule has 1 saturated carbocycles. The molecule has 2 aliphatic rings. The summed E-state index contributed by atoms with van der Waals surface area (Å²) in [6, 6.07) is 7.04. The molecule has 1 aromatic carbocycles. The molecule has 140 valence electrons. The molecule has 0 atom stereocenters.